The number of allylic oxidation sites excluding steroid dienone is 4. The summed E-state index contributed by atoms with van der Waals surface area (Å²) in [5, 5.41) is 0. The summed E-state index contributed by atoms with van der Waals surface area (Å²) in [6.45, 7) is 5.29. The van der Waals surface area contributed by atoms with Crippen molar-refractivity contribution in [3.8, 4) is 0 Å². The maximum absolute atomic E-state index is 4.95. The van der Waals surface area contributed by atoms with Crippen LogP contribution in [0.2, 0.25) is 0 Å². The second-order valence-electron chi connectivity index (χ2n) is 8.70. The van der Waals surface area contributed by atoms with E-state index in [1.54, 1.807) is 5.57 Å². The molecule has 2 heterocycles. The molecule has 0 aromatic carbocycles. The lowest BCUT2D eigenvalue weighted by Gasteiger charge is -2.21. The van der Waals surface area contributed by atoms with Gasteiger partial charge in [-0.1, -0.05) is 55.4 Å². The highest BCUT2D eigenvalue weighted by Gasteiger charge is 2.15. The number of rotatable bonds is 10. The Labute approximate surface area is 181 Å². The van der Waals surface area contributed by atoms with Gasteiger partial charge in [0.1, 0.15) is 0 Å². The van der Waals surface area contributed by atoms with Gasteiger partial charge in [-0.2, -0.15) is 0 Å². The molecule has 0 radical (unpaired) electrons. The van der Waals surface area contributed by atoms with Crippen molar-refractivity contribution in [1.82, 2.24) is 14.5 Å². The summed E-state index contributed by atoms with van der Waals surface area (Å²) in [7, 11) is 3.52. The summed E-state index contributed by atoms with van der Waals surface area (Å²) < 4.78 is 4.12. The van der Waals surface area contributed by atoms with Crippen LogP contribution >= 0.6 is 0 Å². The molecule has 1 aliphatic rings. The maximum Gasteiger partial charge on any atom is 0.300 e. The molecule has 0 spiro atoms. The first-order valence-electron chi connectivity index (χ1n) is 11.3. The van der Waals surface area contributed by atoms with E-state index in [0.29, 0.717) is 5.82 Å². The monoisotopic (exact) mass is 411 g/mol. The molecule has 6 heteroatoms. The van der Waals surface area contributed by atoms with Gasteiger partial charge in [0.2, 0.25) is 0 Å². The van der Waals surface area contributed by atoms with Crippen LogP contribution in [0.1, 0.15) is 71.6 Å². The third kappa shape index (κ3) is 6.14. The quantitative estimate of drug-likeness (QED) is 0.280. The van der Waals surface area contributed by atoms with Crippen molar-refractivity contribution in [1.29, 1.82) is 0 Å². The first-order chi connectivity index (χ1) is 14.6. The molecule has 0 saturated heterocycles. The van der Waals surface area contributed by atoms with Crippen LogP contribution in [0.3, 0.4) is 0 Å². The third-order valence-corrected chi connectivity index (χ3v) is 6.23. The highest BCUT2D eigenvalue weighted by molar-refractivity contribution is 5.81. The molecule has 2 aromatic heterocycles. The summed E-state index contributed by atoms with van der Waals surface area (Å²) in [6, 6.07) is 0. The van der Waals surface area contributed by atoms with Crippen molar-refractivity contribution in [2.45, 2.75) is 78.2 Å². The van der Waals surface area contributed by atoms with E-state index in [4.69, 9.17) is 4.84 Å². The van der Waals surface area contributed by atoms with Crippen molar-refractivity contribution in [3.05, 3.63) is 41.4 Å². The van der Waals surface area contributed by atoms with Gasteiger partial charge < -0.3 is 15.3 Å². The minimum atomic E-state index is 0.561. The van der Waals surface area contributed by atoms with Gasteiger partial charge in [0.05, 0.1) is 19.9 Å². The SMILES string of the molecule is CO[N-]c1ncnc2c1n(C/C=C(\C)CC/C=C(\C)CCC1CCCCC1)c[n+]2C. The van der Waals surface area contributed by atoms with Crippen LogP contribution in [0.15, 0.2) is 36.0 Å². The number of fused-ring (bicyclic) bond motifs is 1. The van der Waals surface area contributed by atoms with Gasteiger partial charge in [0.25, 0.3) is 0 Å². The van der Waals surface area contributed by atoms with E-state index in [9.17, 15) is 0 Å². The molecule has 0 N–H and O–H groups in total. The molecule has 3 rings (SSSR count). The van der Waals surface area contributed by atoms with Crippen LogP contribution in [0.4, 0.5) is 5.82 Å². The molecule has 164 valence electrons. The Morgan fingerprint density at radius 1 is 1.17 bits per heavy atom. The predicted molar refractivity (Wildman–Crippen MR) is 121 cm³/mol. The molecule has 1 saturated carbocycles. The van der Waals surface area contributed by atoms with Crippen LogP contribution in [0, 0.1) is 5.92 Å². The molecular weight excluding hydrogens is 374 g/mol. The number of imidazole rings is 1. The Bertz CT molecular complexity index is 877. The fourth-order valence-corrected chi connectivity index (χ4v) is 4.40. The average molecular weight is 412 g/mol. The zero-order valence-corrected chi connectivity index (χ0v) is 19.1. The Balaban J connectivity index is 1.52. The lowest BCUT2D eigenvalue weighted by molar-refractivity contribution is -0.647. The average Bonchev–Trinajstić information content (AvgIpc) is 3.08. The minimum Gasteiger partial charge on any atom is -0.407 e. The molecule has 2 aromatic rings. The highest BCUT2D eigenvalue weighted by atomic mass is 16.6. The molecule has 0 bridgehead atoms. The molecule has 0 unspecified atom stereocenters. The van der Waals surface area contributed by atoms with Crippen molar-refractivity contribution in [3.63, 3.8) is 0 Å². The van der Waals surface area contributed by atoms with Crippen molar-refractivity contribution in [2.24, 2.45) is 13.0 Å². The van der Waals surface area contributed by atoms with Crippen molar-refractivity contribution >= 4 is 17.0 Å². The Morgan fingerprint density at radius 2 is 1.93 bits per heavy atom. The first-order valence-corrected chi connectivity index (χ1v) is 11.3. The van der Waals surface area contributed by atoms with Crippen LogP contribution < -0.4 is 4.57 Å². The minimum absolute atomic E-state index is 0.561. The molecule has 30 heavy (non-hydrogen) atoms. The normalized spacial score (nSPS) is 16.4. The number of hydrogen-bond donors (Lipinski definition) is 0. The lowest BCUT2D eigenvalue weighted by Crippen LogP contribution is -2.26. The number of aryl methyl sites for hydroxylation is 1. The van der Waals surface area contributed by atoms with Crippen molar-refractivity contribution in [2.75, 3.05) is 7.11 Å². The van der Waals surface area contributed by atoms with Crippen LogP contribution in [-0.4, -0.2) is 21.6 Å². The van der Waals surface area contributed by atoms with Crippen LogP contribution in [0.5, 0.6) is 0 Å². The highest BCUT2D eigenvalue weighted by Crippen LogP contribution is 2.28. The zero-order chi connectivity index (χ0) is 21.3. The topological polar surface area (TPSA) is 57.9 Å². The largest absolute Gasteiger partial charge is 0.407 e. The molecule has 0 amide bonds. The molecule has 0 aliphatic heterocycles. The maximum atomic E-state index is 4.95. The predicted octanol–water partition coefficient (Wildman–Crippen LogP) is 5.86. The van der Waals surface area contributed by atoms with Gasteiger partial charge in [0.15, 0.2) is 11.8 Å². The molecular formula is C24H37N5O. The Morgan fingerprint density at radius 3 is 2.70 bits per heavy atom. The van der Waals surface area contributed by atoms with Gasteiger partial charge in [-0.3, -0.25) is 4.57 Å². The molecule has 1 fully saturated rings. The van der Waals surface area contributed by atoms with Crippen molar-refractivity contribution < 1.29 is 9.40 Å². The van der Waals surface area contributed by atoms with E-state index in [1.165, 1.54) is 64.0 Å². The Hall–Kier alpha value is -2.21. The van der Waals surface area contributed by atoms with E-state index in [1.807, 2.05) is 17.9 Å². The van der Waals surface area contributed by atoms with Gasteiger partial charge >= 0.3 is 5.65 Å². The lowest BCUT2D eigenvalue weighted by atomic mass is 9.85. The van der Waals surface area contributed by atoms with E-state index in [0.717, 1.165) is 36.5 Å². The Kier molecular flexibility index (Phi) is 8.43. The van der Waals surface area contributed by atoms with Gasteiger partial charge in [-0.25, -0.2) is 4.57 Å². The first kappa shape index (κ1) is 22.5. The fourth-order valence-electron chi connectivity index (χ4n) is 4.40. The fraction of sp³-hybridized carbons (Fsp3) is 0.625. The summed E-state index contributed by atoms with van der Waals surface area (Å²) in [4.78, 5) is 13.6. The standard InChI is InChI=1S/C24H37N5O/c1-19(13-14-21-11-6-5-7-12-21)9-8-10-20(2)15-16-29-18-28(3)24-22(29)23(27-30-4)25-17-26-24/h9,15,17-18,21H,5-8,10-14,16H2,1-4H3/b19-9+,20-15+. The van der Waals surface area contributed by atoms with Gasteiger partial charge in [-0.15, -0.1) is 4.98 Å². The molecule has 0 atom stereocenters. The van der Waals surface area contributed by atoms with E-state index >= 15 is 0 Å². The summed E-state index contributed by atoms with van der Waals surface area (Å²) in [6.07, 6.45) is 20.4. The van der Waals surface area contributed by atoms with E-state index in [-0.39, 0.29) is 0 Å². The molecule has 1 aliphatic carbocycles. The smallest absolute Gasteiger partial charge is 0.300 e. The number of aromatic nitrogens is 4. The third-order valence-electron chi connectivity index (χ3n) is 6.23. The second kappa shape index (κ2) is 11.3. The number of nitrogens with zero attached hydrogens (tertiary/aromatic N) is 5. The molecule has 6 nitrogen and oxygen atoms in total. The van der Waals surface area contributed by atoms with Gasteiger partial charge in [0, 0.05) is 12.9 Å². The second-order valence-corrected chi connectivity index (χ2v) is 8.70. The summed E-state index contributed by atoms with van der Waals surface area (Å²) >= 11 is 0. The van der Waals surface area contributed by atoms with E-state index in [2.05, 4.69) is 46.0 Å². The van der Waals surface area contributed by atoms with Gasteiger partial charge in [-0.05, 0) is 45.4 Å². The summed E-state index contributed by atoms with van der Waals surface area (Å²) in [5.41, 5.74) is 8.74. The zero-order valence-electron chi connectivity index (χ0n) is 19.1. The van der Waals surface area contributed by atoms with Crippen LogP contribution in [0.25, 0.3) is 16.6 Å². The van der Waals surface area contributed by atoms with Crippen LogP contribution in [-0.2, 0) is 18.4 Å². The van der Waals surface area contributed by atoms with E-state index < -0.39 is 0 Å². The summed E-state index contributed by atoms with van der Waals surface area (Å²) in [5.74, 6) is 1.53. The number of hydrogen-bond acceptors (Lipinski definition) is 3.